The van der Waals surface area contributed by atoms with Crippen molar-refractivity contribution in [3.63, 3.8) is 0 Å². The van der Waals surface area contributed by atoms with E-state index >= 15 is 0 Å². The molecule has 6 heteroatoms. The molecule has 2 N–H and O–H groups in total. The zero-order valence-corrected chi connectivity index (χ0v) is 17.7. The number of halogens is 1. The minimum Gasteiger partial charge on any atom is -0.497 e. The molecule has 26 heavy (non-hydrogen) atoms. The van der Waals surface area contributed by atoms with Crippen molar-refractivity contribution >= 4 is 17.6 Å². The lowest BCUT2D eigenvalue weighted by Crippen LogP contribution is -2.43. The van der Waals surface area contributed by atoms with Crippen molar-refractivity contribution in [2.24, 2.45) is 4.99 Å². The molecule has 0 fully saturated rings. The molecule has 0 saturated heterocycles. The Morgan fingerprint density at radius 1 is 1.31 bits per heavy atom. The highest BCUT2D eigenvalue weighted by Gasteiger charge is 2.07. The summed E-state index contributed by atoms with van der Waals surface area (Å²) < 4.78 is 5.18. The summed E-state index contributed by atoms with van der Waals surface area (Å²) in [5, 5.41) is 7.56. The van der Waals surface area contributed by atoms with Crippen LogP contribution in [0.1, 0.15) is 39.2 Å². The highest BCUT2D eigenvalue weighted by atomic mass is 35.5. The lowest BCUT2D eigenvalue weighted by molar-refractivity contribution is 0.292. The first-order valence-corrected chi connectivity index (χ1v) is 9.93. The molecule has 0 bridgehead atoms. The number of benzene rings is 1. The second-order valence-corrected chi connectivity index (χ2v) is 6.83. The van der Waals surface area contributed by atoms with Gasteiger partial charge >= 0.3 is 0 Å². The van der Waals surface area contributed by atoms with Crippen molar-refractivity contribution in [1.29, 1.82) is 0 Å². The van der Waals surface area contributed by atoms with E-state index in [-0.39, 0.29) is 0 Å². The van der Waals surface area contributed by atoms with Crippen molar-refractivity contribution < 1.29 is 4.74 Å². The Hall–Kier alpha value is -1.46. The quantitative estimate of drug-likeness (QED) is 0.453. The number of hydrogen-bond donors (Lipinski definition) is 2. The fourth-order valence-electron chi connectivity index (χ4n) is 2.83. The average molecular weight is 383 g/mol. The first kappa shape index (κ1) is 22.6. The van der Waals surface area contributed by atoms with Gasteiger partial charge in [0.15, 0.2) is 5.96 Å². The zero-order valence-electron chi connectivity index (χ0n) is 16.9. The molecule has 1 unspecified atom stereocenters. The molecule has 1 rings (SSSR count). The molecule has 1 atom stereocenters. The van der Waals surface area contributed by atoms with Gasteiger partial charge in [-0.1, -0.05) is 31.5 Å². The van der Waals surface area contributed by atoms with Gasteiger partial charge in [0.25, 0.3) is 0 Å². The molecule has 1 aromatic carbocycles. The number of hydrogen-bond acceptors (Lipinski definition) is 3. The molecule has 0 aliphatic carbocycles. The molecule has 1 aromatic rings. The molecular weight excluding hydrogens is 348 g/mol. The Morgan fingerprint density at radius 3 is 2.62 bits per heavy atom. The smallest absolute Gasteiger partial charge is 0.191 e. The van der Waals surface area contributed by atoms with Crippen molar-refractivity contribution in [3.05, 3.63) is 28.8 Å². The molecule has 0 amide bonds. The van der Waals surface area contributed by atoms with E-state index in [9.17, 15) is 0 Å². The van der Waals surface area contributed by atoms with Crippen LogP contribution in [0.2, 0.25) is 5.02 Å². The van der Waals surface area contributed by atoms with Crippen LogP contribution in [0.5, 0.6) is 5.75 Å². The van der Waals surface area contributed by atoms with Crippen LogP contribution >= 0.6 is 11.6 Å². The monoisotopic (exact) mass is 382 g/mol. The Bertz CT molecular complexity index is 547. The molecule has 0 aromatic heterocycles. The first-order chi connectivity index (χ1) is 12.5. The van der Waals surface area contributed by atoms with Gasteiger partial charge in [-0.25, -0.2) is 0 Å². The van der Waals surface area contributed by atoms with Crippen LogP contribution in [0.4, 0.5) is 0 Å². The van der Waals surface area contributed by atoms with Crippen molar-refractivity contribution in [1.82, 2.24) is 15.5 Å². The van der Waals surface area contributed by atoms with Crippen LogP contribution in [0.25, 0.3) is 0 Å². The van der Waals surface area contributed by atoms with Gasteiger partial charge < -0.3 is 20.3 Å². The minimum absolute atomic E-state index is 0.390. The predicted octanol–water partition coefficient (Wildman–Crippen LogP) is 3.57. The molecule has 0 saturated carbocycles. The summed E-state index contributed by atoms with van der Waals surface area (Å²) in [5.41, 5.74) is 1.10. The summed E-state index contributed by atoms with van der Waals surface area (Å²) in [4.78, 5) is 6.77. The summed E-state index contributed by atoms with van der Waals surface area (Å²) in [6, 6.07) is 6.18. The molecule has 0 heterocycles. The second kappa shape index (κ2) is 12.8. The fraction of sp³-hybridized carbons (Fsp3) is 0.650. The molecular formula is C20H35ClN4O. The normalized spacial score (nSPS) is 13.0. The lowest BCUT2D eigenvalue weighted by atomic mass is 10.1. The molecule has 0 aliphatic rings. The maximum absolute atomic E-state index is 6.29. The molecule has 0 spiro atoms. The van der Waals surface area contributed by atoms with E-state index < -0.39 is 0 Å². The van der Waals surface area contributed by atoms with Crippen molar-refractivity contribution in [2.45, 2.75) is 46.1 Å². The predicted molar refractivity (Wildman–Crippen MR) is 113 cm³/mol. The third-order valence-electron chi connectivity index (χ3n) is 4.56. The van der Waals surface area contributed by atoms with Gasteiger partial charge in [0, 0.05) is 24.7 Å². The standard InChI is InChI=1S/C20H35ClN4O/c1-6-25(7-2)14-8-9-16(3)24-20(22-4)23-13-12-17-10-11-18(26-5)15-19(17)21/h10-11,15-16H,6-9,12-14H2,1-5H3,(H2,22,23,24). The SMILES string of the molecule is CCN(CC)CCCC(C)NC(=NC)NCCc1ccc(OC)cc1Cl. The Labute approximate surface area is 164 Å². The highest BCUT2D eigenvalue weighted by molar-refractivity contribution is 6.31. The highest BCUT2D eigenvalue weighted by Crippen LogP contribution is 2.22. The minimum atomic E-state index is 0.390. The zero-order chi connectivity index (χ0) is 19.4. The van der Waals surface area contributed by atoms with Crippen molar-refractivity contribution in [3.8, 4) is 5.75 Å². The second-order valence-electron chi connectivity index (χ2n) is 6.42. The van der Waals surface area contributed by atoms with Gasteiger partial charge in [-0.3, -0.25) is 4.99 Å². The third kappa shape index (κ3) is 8.28. The fourth-order valence-corrected chi connectivity index (χ4v) is 3.10. The maximum Gasteiger partial charge on any atom is 0.191 e. The summed E-state index contributed by atoms with van der Waals surface area (Å²) in [5.74, 6) is 1.62. The van der Waals surface area contributed by atoms with Gasteiger partial charge in [-0.15, -0.1) is 0 Å². The third-order valence-corrected chi connectivity index (χ3v) is 4.91. The van der Waals surface area contributed by atoms with Gasteiger partial charge in [-0.05, 0) is 63.5 Å². The van der Waals surface area contributed by atoms with Crippen LogP contribution < -0.4 is 15.4 Å². The summed E-state index contributed by atoms with van der Waals surface area (Å²) in [6.45, 7) is 10.8. The Balaban J connectivity index is 2.34. The molecule has 148 valence electrons. The average Bonchev–Trinajstić information content (AvgIpc) is 2.65. The van der Waals surface area contributed by atoms with Crippen LogP contribution in [-0.2, 0) is 6.42 Å². The van der Waals surface area contributed by atoms with E-state index in [2.05, 4.69) is 41.3 Å². The van der Waals surface area contributed by atoms with E-state index in [0.29, 0.717) is 6.04 Å². The molecule has 0 radical (unpaired) electrons. The number of rotatable bonds is 11. The van der Waals surface area contributed by atoms with E-state index in [1.54, 1.807) is 14.2 Å². The van der Waals surface area contributed by atoms with Gasteiger partial charge in [0.05, 0.1) is 7.11 Å². The van der Waals surface area contributed by atoms with E-state index in [4.69, 9.17) is 16.3 Å². The van der Waals surface area contributed by atoms with Crippen LogP contribution in [0.3, 0.4) is 0 Å². The van der Waals surface area contributed by atoms with Crippen LogP contribution in [-0.4, -0.2) is 57.2 Å². The van der Waals surface area contributed by atoms with Crippen LogP contribution in [0, 0.1) is 0 Å². The summed E-state index contributed by atoms with van der Waals surface area (Å²) >= 11 is 6.29. The Morgan fingerprint density at radius 2 is 2.04 bits per heavy atom. The lowest BCUT2D eigenvalue weighted by Gasteiger charge is -2.21. The van der Waals surface area contributed by atoms with E-state index in [0.717, 1.165) is 61.3 Å². The number of aliphatic imine (C=N–C) groups is 1. The molecule has 5 nitrogen and oxygen atoms in total. The number of methoxy groups -OCH3 is 1. The van der Waals surface area contributed by atoms with Gasteiger partial charge in [0.1, 0.15) is 5.75 Å². The number of nitrogens with zero attached hydrogens (tertiary/aromatic N) is 2. The maximum atomic E-state index is 6.29. The molecule has 0 aliphatic heterocycles. The van der Waals surface area contributed by atoms with Gasteiger partial charge in [0.2, 0.25) is 0 Å². The summed E-state index contributed by atoms with van der Waals surface area (Å²) in [7, 11) is 3.45. The van der Waals surface area contributed by atoms with E-state index in [1.165, 1.54) is 6.42 Å². The largest absolute Gasteiger partial charge is 0.497 e. The van der Waals surface area contributed by atoms with Crippen LogP contribution in [0.15, 0.2) is 23.2 Å². The number of ether oxygens (including phenoxy) is 1. The number of nitrogens with one attached hydrogen (secondary N) is 2. The van der Waals surface area contributed by atoms with E-state index in [1.807, 2.05) is 18.2 Å². The topological polar surface area (TPSA) is 48.9 Å². The van der Waals surface area contributed by atoms with Crippen molar-refractivity contribution in [2.75, 3.05) is 40.3 Å². The summed E-state index contributed by atoms with van der Waals surface area (Å²) in [6.07, 6.45) is 3.15. The van der Waals surface area contributed by atoms with Gasteiger partial charge in [-0.2, -0.15) is 0 Å². The Kier molecular flexibility index (Phi) is 11.1. The number of guanidine groups is 1. The first-order valence-electron chi connectivity index (χ1n) is 9.55.